The molecule has 0 N–H and O–H groups in total. The molecule has 0 amide bonds. The van der Waals surface area contributed by atoms with E-state index in [9.17, 15) is 13.0 Å². The molecular weight excluding hydrogens is 416 g/mol. The van der Waals surface area contributed by atoms with Crippen LogP contribution >= 0.6 is 11.8 Å². The lowest BCUT2D eigenvalue weighted by atomic mass is 10.0. The van der Waals surface area contributed by atoms with Crippen LogP contribution in [-0.2, 0) is 10.1 Å². The van der Waals surface area contributed by atoms with Crippen molar-refractivity contribution in [2.45, 2.75) is 18.7 Å². The topological polar surface area (TPSA) is 73.3 Å². The Morgan fingerprint density at radius 2 is 1.63 bits per heavy atom. The molecule has 2 heterocycles. The van der Waals surface area contributed by atoms with Gasteiger partial charge < -0.3 is 9.45 Å². The lowest BCUT2D eigenvalue weighted by Gasteiger charge is -2.20. The molecule has 0 bridgehead atoms. The summed E-state index contributed by atoms with van der Waals surface area (Å²) in [7, 11) is -4.17. The van der Waals surface area contributed by atoms with Crippen molar-refractivity contribution < 1.29 is 13.0 Å². The van der Waals surface area contributed by atoms with Gasteiger partial charge in [0.25, 0.3) is 0 Å². The smallest absolute Gasteiger partial charge is 0.0946 e. The van der Waals surface area contributed by atoms with Gasteiger partial charge in [0.1, 0.15) is 0 Å². The Bertz CT molecular complexity index is 1030. The van der Waals surface area contributed by atoms with E-state index in [2.05, 4.69) is 29.8 Å². The third kappa shape index (κ3) is 6.73. The number of rotatable bonds is 5. The fourth-order valence-electron chi connectivity index (χ4n) is 2.90. The normalized spacial score (nSPS) is 12.4. The Morgan fingerprint density at radius 1 is 0.967 bits per heavy atom. The lowest BCUT2D eigenvalue weighted by Crippen LogP contribution is -2.21. The summed E-state index contributed by atoms with van der Waals surface area (Å²) in [6, 6.07) is 22.0. The Morgan fingerprint density at radius 3 is 2.20 bits per heavy atom. The van der Waals surface area contributed by atoms with Gasteiger partial charge in [-0.15, -0.1) is 0 Å². The van der Waals surface area contributed by atoms with Gasteiger partial charge in [0, 0.05) is 29.6 Å². The highest BCUT2D eigenvalue weighted by Gasteiger charge is 2.23. The second kappa shape index (κ2) is 11.0. The van der Waals surface area contributed by atoms with Gasteiger partial charge in [-0.05, 0) is 41.8 Å². The number of fused-ring (bicyclic) bond motifs is 1. The maximum Gasteiger partial charge on any atom is 0.0946 e. The first-order valence-electron chi connectivity index (χ1n) is 9.06. The second-order valence-electron chi connectivity index (χ2n) is 6.34. The van der Waals surface area contributed by atoms with Crippen molar-refractivity contribution in [2.75, 3.05) is 17.2 Å². The second-order valence-corrected chi connectivity index (χ2v) is 8.97. The monoisotopic (exact) mass is 441 g/mol. The fourth-order valence-corrected chi connectivity index (χ4v) is 4.34. The van der Waals surface area contributed by atoms with Crippen LogP contribution in [0.5, 0.6) is 0 Å². The zero-order valence-corrected chi connectivity index (χ0v) is 17.4. The summed E-state index contributed by atoms with van der Waals surface area (Å²) in [5.74, 6) is -0.352. The van der Waals surface area contributed by atoms with Gasteiger partial charge in [-0.1, -0.05) is 68.2 Å². The van der Waals surface area contributed by atoms with Gasteiger partial charge >= 0.3 is 0 Å². The van der Waals surface area contributed by atoms with Crippen LogP contribution in [0.1, 0.15) is 13.8 Å². The molecule has 0 fully saturated rings. The summed E-state index contributed by atoms with van der Waals surface area (Å²) in [5.41, 5.74) is 3.24. The van der Waals surface area contributed by atoms with Gasteiger partial charge in [-0.25, -0.2) is 8.42 Å². The minimum absolute atomic E-state index is 0. The molecule has 1 aromatic heterocycles. The molecule has 158 valence electrons. The van der Waals surface area contributed by atoms with Crippen LogP contribution in [0.2, 0.25) is 0 Å². The predicted molar refractivity (Wildman–Crippen MR) is 124 cm³/mol. The van der Waals surface area contributed by atoms with E-state index in [1.54, 1.807) is 24.2 Å². The first-order valence-corrected chi connectivity index (χ1v) is 11.5. The quantitative estimate of drug-likeness (QED) is 0.494. The largest absolute Gasteiger partial charge is 0.748 e. The molecule has 1 aliphatic rings. The molecule has 0 unspecified atom stereocenters. The van der Waals surface area contributed by atoms with E-state index in [4.69, 9.17) is 0 Å². The highest BCUT2D eigenvalue weighted by atomic mass is 32.2. The molecule has 0 aliphatic carbocycles. The third-order valence-electron chi connectivity index (χ3n) is 4.23. The Balaban J connectivity index is 0.000000395. The summed E-state index contributed by atoms with van der Waals surface area (Å²) < 4.78 is 32.3. The molecule has 0 spiro atoms. The number of hydrogen-bond donors (Lipinski definition) is 0. The van der Waals surface area contributed by atoms with Gasteiger partial charge in [-0.2, -0.15) is 0 Å². The maximum atomic E-state index is 10.8. The Labute approximate surface area is 183 Å². The van der Waals surface area contributed by atoms with E-state index in [0.29, 0.717) is 13.0 Å². The van der Waals surface area contributed by atoms with Crippen molar-refractivity contribution in [2.24, 2.45) is 0 Å². The number of aromatic nitrogens is 1. The van der Waals surface area contributed by atoms with Crippen LogP contribution in [0, 0.1) is 0 Å². The number of pyridine rings is 1. The van der Waals surface area contributed by atoms with Crippen LogP contribution in [0.4, 0.5) is 5.69 Å². The molecule has 2 aromatic carbocycles. The Kier molecular flexibility index (Phi) is 8.65. The summed E-state index contributed by atoms with van der Waals surface area (Å²) in [5, 5.41) is 0.855. The van der Waals surface area contributed by atoms with E-state index < -0.39 is 10.1 Å². The molecule has 0 atom stereocenters. The van der Waals surface area contributed by atoms with Crippen molar-refractivity contribution >= 4 is 27.6 Å². The van der Waals surface area contributed by atoms with E-state index in [0.717, 1.165) is 26.7 Å². The molecule has 0 radical (unpaired) electrons. The summed E-state index contributed by atoms with van der Waals surface area (Å²) in [4.78, 5) is 6.87. The van der Waals surface area contributed by atoms with Crippen molar-refractivity contribution in [3.63, 3.8) is 0 Å². The molecule has 4 rings (SSSR count). The van der Waals surface area contributed by atoms with E-state index in [1.165, 1.54) is 0 Å². The maximum absolute atomic E-state index is 10.8. The average Bonchev–Trinajstić information content (AvgIpc) is 3.04. The first kappa shape index (κ1) is 23.7. The van der Waals surface area contributed by atoms with Crippen LogP contribution in [0.15, 0.2) is 95.6 Å². The highest BCUT2D eigenvalue weighted by molar-refractivity contribution is 8.03. The zero-order chi connectivity index (χ0) is 20.7. The molecule has 0 saturated carbocycles. The number of thioether (sulfide) groups is 1. The lowest BCUT2D eigenvalue weighted by molar-refractivity contribution is 0.461. The summed E-state index contributed by atoms with van der Waals surface area (Å²) in [6.45, 7) is 4.50. The van der Waals surface area contributed by atoms with Crippen LogP contribution < -0.4 is 4.90 Å². The minimum atomic E-state index is -4.17. The van der Waals surface area contributed by atoms with E-state index in [-0.39, 0.29) is 13.2 Å². The standard InChI is InChI=1S/C17H17NO3S2.C5H5N.CH4/c1-13-18(10-5-11-23(19,20)21)16-12-15(8-9-17(16)22-13)14-6-3-2-4-7-14;1-2-4-6-5-3-1;/h2-4,6-9,12H,1,5,10-11H2,(H,19,20,21);1-5H;1H4/p-1. The summed E-state index contributed by atoms with van der Waals surface area (Å²) >= 11 is 1.56. The van der Waals surface area contributed by atoms with E-state index >= 15 is 0 Å². The number of hydrogen-bond acceptors (Lipinski definition) is 6. The highest BCUT2D eigenvalue weighted by Crippen LogP contribution is 2.46. The van der Waals surface area contributed by atoms with Crippen LogP contribution in [-0.4, -0.2) is 30.3 Å². The molecule has 0 saturated heterocycles. The minimum Gasteiger partial charge on any atom is -0.748 e. The summed E-state index contributed by atoms with van der Waals surface area (Å²) in [6.07, 6.45) is 3.79. The van der Waals surface area contributed by atoms with Gasteiger partial charge in [0.15, 0.2) is 0 Å². The van der Waals surface area contributed by atoms with Gasteiger partial charge in [-0.3, -0.25) is 4.98 Å². The van der Waals surface area contributed by atoms with Crippen molar-refractivity contribution in [1.82, 2.24) is 4.98 Å². The number of anilines is 1. The third-order valence-corrected chi connectivity index (χ3v) is 6.04. The predicted octanol–water partition coefficient (Wildman–Crippen LogP) is 5.39. The van der Waals surface area contributed by atoms with Crippen LogP contribution in [0.25, 0.3) is 11.1 Å². The van der Waals surface area contributed by atoms with Crippen molar-refractivity contribution in [1.29, 1.82) is 0 Å². The van der Waals surface area contributed by atoms with Crippen LogP contribution in [0.3, 0.4) is 0 Å². The molecule has 7 heteroatoms. The average molecular weight is 442 g/mol. The molecule has 5 nitrogen and oxygen atoms in total. The Hall–Kier alpha value is -2.61. The van der Waals surface area contributed by atoms with Crippen molar-refractivity contribution in [3.05, 3.63) is 90.7 Å². The van der Waals surface area contributed by atoms with Crippen molar-refractivity contribution in [3.8, 4) is 11.1 Å². The molecular formula is C23H25N2O3S2-. The SMILES string of the molecule is C.C=C1Sc2ccc(-c3ccccc3)cc2N1CCCS(=O)(=O)[O-].c1ccncc1. The number of nitrogens with zero attached hydrogens (tertiary/aromatic N) is 2. The number of benzene rings is 2. The molecule has 1 aliphatic heterocycles. The van der Waals surface area contributed by atoms with Gasteiger partial charge in [0.05, 0.1) is 20.8 Å². The molecule has 3 aromatic rings. The zero-order valence-electron chi connectivity index (χ0n) is 15.8. The first-order chi connectivity index (χ1) is 13.9. The fraction of sp³-hybridized carbons (Fsp3) is 0.174. The van der Waals surface area contributed by atoms with Gasteiger partial charge in [0.2, 0.25) is 0 Å². The van der Waals surface area contributed by atoms with E-state index in [1.807, 2.05) is 53.4 Å². The molecule has 30 heavy (non-hydrogen) atoms.